The summed E-state index contributed by atoms with van der Waals surface area (Å²) in [6, 6.07) is 14.9. The van der Waals surface area contributed by atoms with Crippen molar-refractivity contribution in [3.05, 3.63) is 54.3 Å². The van der Waals surface area contributed by atoms with Gasteiger partial charge in [0.1, 0.15) is 0 Å². The van der Waals surface area contributed by atoms with Gasteiger partial charge in [-0.1, -0.05) is 42.5 Å². The van der Waals surface area contributed by atoms with Crippen LogP contribution in [0.1, 0.15) is 5.56 Å². The second-order valence-electron chi connectivity index (χ2n) is 2.99. The summed E-state index contributed by atoms with van der Waals surface area (Å²) in [7, 11) is 0. The maximum absolute atomic E-state index is 3.80. The molecule has 2 aromatic carbocycles. The molecule has 0 unspecified atom stereocenters. The molecule has 2 rings (SSSR count). The van der Waals surface area contributed by atoms with Gasteiger partial charge in [0.15, 0.2) is 0 Å². The van der Waals surface area contributed by atoms with Gasteiger partial charge in [-0.2, -0.15) is 11.8 Å². The van der Waals surface area contributed by atoms with Gasteiger partial charge in [0.25, 0.3) is 0 Å². The zero-order chi connectivity index (χ0) is 9.10. The summed E-state index contributed by atoms with van der Waals surface area (Å²) in [6.07, 6.45) is 3.80. The van der Waals surface area contributed by atoms with Crippen LogP contribution in [-0.4, -0.2) is 0 Å². The summed E-state index contributed by atoms with van der Waals surface area (Å²) in [6.45, 7) is 0. The molecule has 0 spiro atoms. The van der Waals surface area contributed by atoms with Crippen LogP contribution in [0.15, 0.2) is 42.5 Å². The number of benzene rings is 2. The molecular formula is C12H11S. The molecule has 0 amide bonds. The van der Waals surface area contributed by atoms with Gasteiger partial charge in [0.2, 0.25) is 0 Å². The number of thioether (sulfide) groups is 1. The van der Waals surface area contributed by atoms with Crippen LogP contribution in [0, 0.1) is 6.26 Å². The first-order valence-corrected chi connectivity index (χ1v) is 5.41. The molecule has 0 saturated heterocycles. The van der Waals surface area contributed by atoms with Gasteiger partial charge in [-0.3, -0.25) is 0 Å². The van der Waals surface area contributed by atoms with Gasteiger partial charge >= 0.3 is 0 Å². The molecule has 2 aromatic rings. The van der Waals surface area contributed by atoms with Crippen molar-refractivity contribution in [2.45, 2.75) is 5.75 Å². The predicted octanol–water partition coefficient (Wildman–Crippen LogP) is 3.86. The summed E-state index contributed by atoms with van der Waals surface area (Å²) < 4.78 is 0. The third kappa shape index (κ3) is 1.70. The highest BCUT2D eigenvalue weighted by Gasteiger charge is 1.97. The molecule has 65 valence electrons. The minimum absolute atomic E-state index is 0.987. The van der Waals surface area contributed by atoms with E-state index >= 15 is 0 Å². The van der Waals surface area contributed by atoms with Crippen LogP contribution in [0.2, 0.25) is 0 Å². The first-order valence-electron chi connectivity index (χ1n) is 4.25. The lowest BCUT2D eigenvalue weighted by Gasteiger charge is -2.03. The van der Waals surface area contributed by atoms with E-state index in [2.05, 4.69) is 48.7 Å². The van der Waals surface area contributed by atoms with E-state index in [1.165, 1.54) is 16.3 Å². The monoisotopic (exact) mass is 187 g/mol. The molecule has 1 heteroatoms. The quantitative estimate of drug-likeness (QED) is 0.688. The third-order valence-electron chi connectivity index (χ3n) is 2.14. The maximum Gasteiger partial charge on any atom is 0.0191 e. The lowest BCUT2D eigenvalue weighted by atomic mass is 10.1. The zero-order valence-corrected chi connectivity index (χ0v) is 8.18. The van der Waals surface area contributed by atoms with Crippen molar-refractivity contribution >= 4 is 22.5 Å². The Kier molecular flexibility index (Phi) is 2.55. The van der Waals surface area contributed by atoms with Crippen LogP contribution in [0.25, 0.3) is 10.8 Å². The molecule has 13 heavy (non-hydrogen) atoms. The van der Waals surface area contributed by atoms with Gasteiger partial charge in [-0.15, -0.1) is 0 Å². The Labute approximate surface area is 83.0 Å². The molecule has 0 aliphatic heterocycles. The summed E-state index contributed by atoms with van der Waals surface area (Å²) in [5.41, 5.74) is 1.37. The lowest BCUT2D eigenvalue weighted by molar-refractivity contribution is 1.47. The number of rotatable bonds is 2. The highest BCUT2D eigenvalue weighted by atomic mass is 32.2. The minimum atomic E-state index is 0.987. The Bertz CT molecular complexity index is 401. The second-order valence-corrected chi connectivity index (χ2v) is 3.68. The number of fused-ring (bicyclic) bond motifs is 1. The molecule has 0 atom stereocenters. The van der Waals surface area contributed by atoms with Crippen molar-refractivity contribution < 1.29 is 0 Å². The SMILES string of the molecule is [CH2]SCc1cccc2ccccc12. The van der Waals surface area contributed by atoms with Crippen molar-refractivity contribution in [2.24, 2.45) is 0 Å². The summed E-state index contributed by atoms with van der Waals surface area (Å²) >= 11 is 1.62. The van der Waals surface area contributed by atoms with E-state index in [1.54, 1.807) is 11.8 Å². The van der Waals surface area contributed by atoms with E-state index in [0.29, 0.717) is 0 Å². The van der Waals surface area contributed by atoms with Gasteiger partial charge in [0.05, 0.1) is 0 Å². The Morgan fingerprint density at radius 3 is 2.62 bits per heavy atom. The highest BCUT2D eigenvalue weighted by molar-refractivity contribution is 7.99. The Balaban J connectivity index is 2.61. The van der Waals surface area contributed by atoms with Crippen LogP contribution in [0.3, 0.4) is 0 Å². The van der Waals surface area contributed by atoms with Crippen molar-refractivity contribution in [3.8, 4) is 0 Å². The van der Waals surface area contributed by atoms with Crippen LogP contribution in [-0.2, 0) is 5.75 Å². The molecule has 0 N–H and O–H groups in total. The maximum atomic E-state index is 3.80. The lowest BCUT2D eigenvalue weighted by Crippen LogP contribution is -1.81. The molecule has 0 bridgehead atoms. The topological polar surface area (TPSA) is 0 Å². The normalized spacial score (nSPS) is 10.5. The summed E-state index contributed by atoms with van der Waals surface area (Å²) in [4.78, 5) is 0. The van der Waals surface area contributed by atoms with Gasteiger partial charge < -0.3 is 0 Å². The minimum Gasteiger partial charge on any atom is -0.156 e. The molecule has 0 aliphatic rings. The molecule has 0 nitrogen and oxygen atoms in total. The van der Waals surface area contributed by atoms with Crippen molar-refractivity contribution in [1.29, 1.82) is 0 Å². The molecule has 0 heterocycles. The van der Waals surface area contributed by atoms with Crippen LogP contribution >= 0.6 is 11.8 Å². The fourth-order valence-electron chi connectivity index (χ4n) is 1.53. The zero-order valence-electron chi connectivity index (χ0n) is 7.36. The summed E-state index contributed by atoms with van der Waals surface area (Å²) in [5, 5.41) is 2.66. The van der Waals surface area contributed by atoms with Crippen LogP contribution in [0.5, 0.6) is 0 Å². The Hall–Kier alpha value is -0.950. The largest absolute Gasteiger partial charge is 0.156 e. The summed E-state index contributed by atoms with van der Waals surface area (Å²) in [5.74, 6) is 0.987. The second kappa shape index (κ2) is 3.84. The highest BCUT2D eigenvalue weighted by Crippen LogP contribution is 2.21. The molecule has 1 radical (unpaired) electrons. The van der Waals surface area contributed by atoms with Gasteiger partial charge in [-0.05, 0) is 16.3 Å². The van der Waals surface area contributed by atoms with Crippen LogP contribution in [0.4, 0.5) is 0 Å². The van der Waals surface area contributed by atoms with Crippen molar-refractivity contribution in [3.63, 3.8) is 0 Å². The van der Waals surface area contributed by atoms with E-state index in [1.807, 2.05) is 0 Å². The van der Waals surface area contributed by atoms with Gasteiger partial charge in [0, 0.05) is 12.0 Å². The first kappa shape index (κ1) is 8.64. The molecule has 0 fully saturated rings. The van der Waals surface area contributed by atoms with E-state index in [-0.39, 0.29) is 0 Å². The van der Waals surface area contributed by atoms with Gasteiger partial charge in [-0.25, -0.2) is 0 Å². The average Bonchev–Trinajstić information content (AvgIpc) is 2.19. The fourth-order valence-corrected chi connectivity index (χ4v) is 2.00. The Morgan fingerprint density at radius 2 is 1.77 bits per heavy atom. The smallest absolute Gasteiger partial charge is 0.0191 e. The van der Waals surface area contributed by atoms with E-state index in [4.69, 9.17) is 0 Å². The van der Waals surface area contributed by atoms with E-state index in [9.17, 15) is 0 Å². The predicted molar refractivity (Wildman–Crippen MR) is 60.6 cm³/mol. The third-order valence-corrected chi connectivity index (χ3v) is 2.65. The van der Waals surface area contributed by atoms with Crippen molar-refractivity contribution in [2.75, 3.05) is 0 Å². The Morgan fingerprint density at radius 1 is 1.00 bits per heavy atom. The number of hydrogen-bond acceptors (Lipinski definition) is 1. The molecular weight excluding hydrogens is 176 g/mol. The standard InChI is InChI=1S/C12H11S/c1-13-9-11-7-4-6-10-5-2-3-8-12(10)11/h2-8H,1,9H2. The van der Waals surface area contributed by atoms with E-state index in [0.717, 1.165) is 5.75 Å². The molecule has 0 aliphatic carbocycles. The number of hydrogen-bond donors (Lipinski definition) is 0. The molecule has 0 saturated carbocycles. The fraction of sp³-hybridized carbons (Fsp3) is 0.0833. The van der Waals surface area contributed by atoms with E-state index < -0.39 is 0 Å². The molecule has 0 aromatic heterocycles. The van der Waals surface area contributed by atoms with Crippen molar-refractivity contribution in [1.82, 2.24) is 0 Å². The first-order chi connectivity index (χ1) is 6.42. The average molecular weight is 187 g/mol. The van der Waals surface area contributed by atoms with Crippen LogP contribution < -0.4 is 0 Å².